The lowest BCUT2D eigenvalue weighted by Gasteiger charge is -2.34. The van der Waals surface area contributed by atoms with E-state index in [1.807, 2.05) is 10.8 Å². The van der Waals surface area contributed by atoms with E-state index >= 15 is 0 Å². The molecular formula is C24H22N4O2. The van der Waals surface area contributed by atoms with Crippen LogP contribution >= 0.6 is 0 Å². The largest absolute Gasteiger partial charge is 0.503 e. The van der Waals surface area contributed by atoms with Crippen molar-refractivity contribution in [3.8, 4) is 17.3 Å². The van der Waals surface area contributed by atoms with Crippen LogP contribution in [0.4, 0.5) is 0 Å². The molecule has 0 unspecified atom stereocenters. The Morgan fingerprint density at radius 3 is 2.20 bits per heavy atom. The Balaban J connectivity index is 1.74. The van der Waals surface area contributed by atoms with Crippen molar-refractivity contribution >= 4 is 0 Å². The van der Waals surface area contributed by atoms with Crippen molar-refractivity contribution in [3.63, 3.8) is 0 Å². The number of aromatic hydroxyl groups is 1. The molecule has 0 amide bonds. The van der Waals surface area contributed by atoms with Gasteiger partial charge < -0.3 is 9.67 Å². The van der Waals surface area contributed by atoms with Gasteiger partial charge in [-0.25, -0.2) is 4.98 Å². The summed E-state index contributed by atoms with van der Waals surface area (Å²) in [7, 11) is 0. The van der Waals surface area contributed by atoms with Crippen LogP contribution in [-0.4, -0.2) is 24.4 Å². The quantitative estimate of drug-likeness (QED) is 0.569. The third kappa shape index (κ3) is 2.92. The third-order valence-corrected chi connectivity index (χ3v) is 5.87. The molecule has 1 atom stereocenters. The van der Waals surface area contributed by atoms with E-state index in [4.69, 9.17) is 0 Å². The molecule has 6 nitrogen and oxygen atoms in total. The molecule has 4 aromatic rings. The van der Waals surface area contributed by atoms with Gasteiger partial charge in [-0.05, 0) is 25.0 Å². The van der Waals surface area contributed by atoms with E-state index in [-0.39, 0.29) is 17.7 Å². The third-order valence-electron chi connectivity index (χ3n) is 5.87. The minimum atomic E-state index is -0.501. The first-order valence-electron chi connectivity index (χ1n) is 9.98. The molecule has 0 saturated carbocycles. The second-order valence-electron chi connectivity index (χ2n) is 7.92. The Morgan fingerprint density at radius 2 is 1.60 bits per heavy atom. The fourth-order valence-corrected chi connectivity index (χ4v) is 4.30. The fraction of sp³-hybridized carbons (Fsp3) is 0.208. The average Bonchev–Trinajstić information content (AvgIpc) is 3.22. The molecule has 0 saturated heterocycles. The van der Waals surface area contributed by atoms with Crippen LogP contribution in [0.15, 0.2) is 71.9 Å². The zero-order valence-electron chi connectivity index (χ0n) is 16.9. The molecular weight excluding hydrogens is 376 g/mol. The number of hydrogen-bond acceptors (Lipinski definition) is 4. The molecule has 0 aliphatic carbocycles. The van der Waals surface area contributed by atoms with Crippen molar-refractivity contribution in [2.75, 3.05) is 0 Å². The summed E-state index contributed by atoms with van der Waals surface area (Å²) in [6.45, 7) is 4.77. The molecule has 1 aliphatic heterocycles. The predicted octanol–water partition coefficient (Wildman–Crippen LogP) is 3.82. The molecule has 2 aromatic heterocycles. The average molecular weight is 398 g/mol. The van der Waals surface area contributed by atoms with Gasteiger partial charge in [0.25, 0.3) is 0 Å². The molecule has 0 bridgehead atoms. The highest BCUT2D eigenvalue weighted by Gasteiger charge is 2.35. The van der Waals surface area contributed by atoms with Crippen LogP contribution < -0.4 is 5.43 Å². The predicted molar refractivity (Wildman–Crippen MR) is 115 cm³/mol. The van der Waals surface area contributed by atoms with Crippen molar-refractivity contribution in [3.05, 3.63) is 99.6 Å². The second kappa shape index (κ2) is 6.99. The lowest BCUT2D eigenvalue weighted by molar-refractivity contribution is 0.331. The summed E-state index contributed by atoms with van der Waals surface area (Å²) >= 11 is 0. The van der Waals surface area contributed by atoms with Crippen LogP contribution in [-0.2, 0) is 6.54 Å². The fourth-order valence-electron chi connectivity index (χ4n) is 4.30. The topological polar surface area (TPSA) is 72.9 Å². The van der Waals surface area contributed by atoms with E-state index in [1.54, 1.807) is 10.9 Å². The zero-order chi connectivity index (χ0) is 20.8. The van der Waals surface area contributed by atoms with Gasteiger partial charge in [0, 0.05) is 24.9 Å². The number of hydrogen-bond donors (Lipinski definition) is 1. The van der Waals surface area contributed by atoms with Crippen molar-refractivity contribution < 1.29 is 5.11 Å². The Labute approximate surface area is 174 Å². The molecule has 2 aromatic carbocycles. The molecule has 30 heavy (non-hydrogen) atoms. The maximum atomic E-state index is 12.2. The zero-order valence-corrected chi connectivity index (χ0v) is 16.9. The van der Waals surface area contributed by atoms with Crippen LogP contribution in [0, 0.1) is 13.8 Å². The summed E-state index contributed by atoms with van der Waals surface area (Å²) in [5.74, 6) is 0.226. The molecule has 1 N–H and O–H groups in total. The summed E-state index contributed by atoms with van der Waals surface area (Å²) in [5.41, 5.74) is 4.57. The second-order valence-corrected chi connectivity index (χ2v) is 7.92. The molecule has 150 valence electrons. The van der Waals surface area contributed by atoms with Crippen LogP contribution in [0.3, 0.4) is 0 Å². The standard InChI is InChI=1S/C24H22N4O2/c1-15-3-7-17(8-4-15)21(18-9-5-16(2)6-10-18)19-14-27-12-11-25-24(27)22-23(30)20(29)13-26-28(19)22/h3-13,19,21,30H,14H2,1-2H3/t19-/m1/s1. The smallest absolute Gasteiger partial charge is 0.242 e. The van der Waals surface area contributed by atoms with E-state index in [2.05, 4.69) is 72.5 Å². The number of rotatable bonds is 3. The summed E-state index contributed by atoms with van der Waals surface area (Å²) < 4.78 is 3.75. The van der Waals surface area contributed by atoms with Gasteiger partial charge in [-0.15, -0.1) is 0 Å². The van der Waals surface area contributed by atoms with E-state index in [0.717, 1.165) is 11.1 Å². The number of aromatic nitrogens is 4. The van der Waals surface area contributed by atoms with Crippen molar-refractivity contribution in [1.29, 1.82) is 0 Å². The molecule has 1 aliphatic rings. The molecule has 0 spiro atoms. The van der Waals surface area contributed by atoms with E-state index in [0.29, 0.717) is 18.1 Å². The summed E-state index contributed by atoms with van der Waals surface area (Å²) in [4.78, 5) is 16.5. The molecule has 6 heteroatoms. The Morgan fingerprint density at radius 1 is 1.00 bits per heavy atom. The first-order chi connectivity index (χ1) is 14.5. The maximum absolute atomic E-state index is 12.2. The Hall–Kier alpha value is -3.67. The summed E-state index contributed by atoms with van der Waals surface area (Å²) in [5, 5.41) is 15.0. The van der Waals surface area contributed by atoms with E-state index < -0.39 is 5.43 Å². The van der Waals surface area contributed by atoms with Gasteiger partial charge in [0.05, 0.1) is 12.2 Å². The first kappa shape index (κ1) is 18.4. The highest BCUT2D eigenvalue weighted by atomic mass is 16.3. The minimum Gasteiger partial charge on any atom is -0.503 e. The van der Waals surface area contributed by atoms with Crippen LogP contribution in [0.2, 0.25) is 0 Å². The van der Waals surface area contributed by atoms with Crippen molar-refractivity contribution in [2.24, 2.45) is 0 Å². The highest BCUT2D eigenvalue weighted by Crippen LogP contribution is 2.42. The lowest BCUT2D eigenvalue weighted by atomic mass is 9.83. The number of benzene rings is 2. The maximum Gasteiger partial charge on any atom is 0.242 e. The number of imidazole rings is 1. The number of nitrogens with zero attached hydrogens (tertiary/aromatic N) is 4. The monoisotopic (exact) mass is 398 g/mol. The molecule has 5 rings (SSSR count). The minimum absolute atomic E-state index is 0.0186. The highest BCUT2D eigenvalue weighted by molar-refractivity contribution is 5.60. The van der Waals surface area contributed by atoms with Crippen LogP contribution in [0.25, 0.3) is 11.5 Å². The van der Waals surface area contributed by atoms with Crippen molar-refractivity contribution in [1.82, 2.24) is 19.3 Å². The number of aryl methyl sites for hydroxylation is 2. The Kier molecular flexibility index (Phi) is 4.28. The van der Waals surface area contributed by atoms with Crippen molar-refractivity contribution in [2.45, 2.75) is 32.4 Å². The van der Waals surface area contributed by atoms with Crippen LogP contribution in [0.5, 0.6) is 5.75 Å². The van der Waals surface area contributed by atoms with Gasteiger partial charge in [0.15, 0.2) is 11.6 Å². The van der Waals surface area contributed by atoms with E-state index in [1.165, 1.54) is 17.3 Å². The first-order valence-corrected chi connectivity index (χ1v) is 9.98. The van der Waals surface area contributed by atoms with Gasteiger partial charge in [0.2, 0.25) is 5.43 Å². The van der Waals surface area contributed by atoms with Gasteiger partial charge in [0.1, 0.15) is 5.69 Å². The summed E-state index contributed by atoms with van der Waals surface area (Å²) in [6.07, 6.45) is 4.75. The normalized spacial score (nSPS) is 15.1. The lowest BCUT2D eigenvalue weighted by Crippen LogP contribution is -2.32. The molecule has 0 fully saturated rings. The molecule has 3 heterocycles. The van der Waals surface area contributed by atoms with Gasteiger partial charge in [-0.1, -0.05) is 59.7 Å². The van der Waals surface area contributed by atoms with E-state index in [9.17, 15) is 9.90 Å². The Bertz CT molecular complexity index is 1220. The SMILES string of the molecule is Cc1ccc(C(c2ccc(C)cc2)[C@H]2Cn3ccnc3-c3c(O)c(=O)cnn32)cc1. The number of fused-ring (bicyclic) bond motifs is 3. The van der Waals surface area contributed by atoms with Crippen LogP contribution in [0.1, 0.15) is 34.2 Å². The molecule has 0 radical (unpaired) electrons. The summed E-state index contributed by atoms with van der Waals surface area (Å²) in [6, 6.07) is 16.9. The van der Waals surface area contributed by atoms with Gasteiger partial charge in [-0.3, -0.25) is 9.48 Å². The van der Waals surface area contributed by atoms with Gasteiger partial charge >= 0.3 is 0 Å². The van der Waals surface area contributed by atoms with Gasteiger partial charge in [-0.2, -0.15) is 5.10 Å².